The Morgan fingerprint density at radius 3 is 2.34 bits per heavy atom. The van der Waals surface area contributed by atoms with E-state index in [1.54, 1.807) is 20.8 Å². The summed E-state index contributed by atoms with van der Waals surface area (Å²) in [6.07, 6.45) is -0.715. The molecule has 0 spiro atoms. The van der Waals surface area contributed by atoms with Crippen LogP contribution in [0.5, 0.6) is 5.75 Å². The summed E-state index contributed by atoms with van der Waals surface area (Å²) in [6.45, 7) is 15.5. The summed E-state index contributed by atoms with van der Waals surface area (Å²) >= 11 is 7.01. The van der Waals surface area contributed by atoms with Crippen molar-refractivity contribution >= 4 is 60.3 Å². The fourth-order valence-electron chi connectivity index (χ4n) is 3.07. The van der Waals surface area contributed by atoms with Gasteiger partial charge in [0.05, 0.1) is 20.1 Å². The van der Waals surface area contributed by atoms with Crippen molar-refractivity contribution in [2.45, 2.75) is 77.7 Å². The molecule has 1 unspecified atom stereocenters. The van der Waals surface area contributed by atoms with Gasteiger partial charge in [-0.05, 0) is 56.6 Å². The molecule has 11 nitrogen and oxygen atoms in total. The van der Waals surface area contributed by atoms with Crippen molar-refractivity contribution in [1.82, 2.24) is 15.6 Å². The summed E-state index contributed by atoms with van der Waals surface area (Å²) in [4.78, 5) is 53.8. The standard InChI is InChI=1S/C27H39ClN4O7SSi/c1-26(2,3)38-25(36)29-15-18(23(35)37-7)30-22(34)20-21(28)32-24(40-20)31-19(33)14-16-11-10-12-17(13-16)39-41(8,9)27(4,5)6/h10-13,18H,14-15H2,1-9H3,(H,29,36)(H,30,34)(H,31,32,33). The van der Waals surface area contributed by atoms with E-state index >= 15 is 0 Å². The van der Waals surface area contributed by atoms with Crippen molar-refractivity contribution in [3.05, 3.63) is 39.9 Å². The van der Waals surface area contributed by atoms with Gasteiger partial charge in [0.1, 0.15) is 22.3 Å². The molecule has 226 valence electrons. The number of esters is 1. The van der Waals surface area contributed by atoms with Crippen LogP contribution in [0.2, 0.25) is 23.3 Å². The van der Waals surface area contributed by atoms with Crippen LogP contribution in [0, 0.1) is 0 Å². The van der Waals surface area contributed by atoms with E-state index in [2.05, 4.69) is 54.8 Å². The molecule has 0 aliphatic rings. The van der Waals surface area contributed by atoms with Gasteiger partial charge in [0.2, 0.25) is 14.2 Å². The van der Waals surface area contributed by atoms with E-state index in [1.165, 1.54) is 0 Å². The lowest BCUT2D eigenvalue weighted by Crippen LogP contribution is -2.49. The van der Waals surface area contributed by atoms with E-state index in [-0.39, 0.29) is 39.1 Å². The predicted octanol–water partition coefficient (Wildman–Crippen LogP) is 5.16. The topological polar surface area (TPSA) is 145 Å². The van der Waals surface area contributed by atoms with Gasteiger partial charge in [-0.1, -0.05) is 55.8 Å². The summed E-state index contributed by atoms with van der Waals surface area (Å²) in [5, 5.41) is 7.52. The maximum absolute atomic E-state index is 12.9. The van der Waals surface area contributed by atoms with Crippen LogP contribution in [0.25, 0.3) is 0 Å². The molecule has 1 aromatic heterocycles. The Bertz CT molecular complexity index is 1270. The number of carbonyl (C=O) groups is 4. The summed E-state index contributed by atoms with van der Waals surface area (Å²) in [6, 6.07) is 6.15. The molecular formula is C27H39ClN4O7SSi. The Labute approximate surface area is 250 Å². The number of nitrogens with zero attached hydrogens (tertiary/aromatic N) is 1. The lowest BCUT2D eigenvalue weighted by molar-refractivity contribution is -0.142. The lowest BCUT2D eigenvalue weighted by Gasteiger charge is -2.36. The van der Waals surface area contributed by atoms with Crippen molar-refractivity contribution < 1.29 is 33.1 Å². The fraction of sp³-hybridized carbons (Fsp3) is 0.519. The fourth-order valence-corrected chi connectivity index (χ4v) is 5.20. The number of carbonyl (C=O) groups excluding carboxylic acids is 4. The SMILES string of the molecule is COC(=O)C(CNC(=O)OC(C)(C)C)NC(=O)c1sc(NC(=O)Cc2cccc(O[Si](C)(C)C(C)(C)C)c2)nc1Cl. The molecule has 2 aromatic rings. The number of hydrogen-bond acceptors (Lipinski definition) is 9. The van der Waals surface area contributed by atoms with E-state index in [4.69, 9.17) is 25.5 Å². The van der Waals surface area contributed by atoms with Gasteiger partial charge in [0.15, 0.2) is 10.3 Å². The van der Waals surface area contributed by atoms with Crippen molar-refractivity contribution in [3.63, 3.8) is 0 Å². The summed E-state index contributed by atoms with van der Waals surface area (Å²) in [7, 11) is -0.893. The zero-order valence-corrected chi connectivity index (χ0v) is 27.5. The van der Waals surface area contributed by atoms with E-state index in [9.17, 15) is 19.2 Å². The molecule has 1 atom stereocenters. The third-order valence-corrected chi connectivity index (χ3v) is 11.8. The number of amides is 3. The van der Waals surface area contributed by atoms with Crippen LogP contribution >= 0.6 is 22.9 Å². The highest BCUT2D eigenvalue weighted by atomic mass is 35.5. The number of alkyl carbamates (subject to hydrolysis) is 1. The van der Waals surface area contributed by atoms with Crippen LogP contribution in [0.4, 0.5) is 9.93 Å². The normalized spacial score (nSPS) is 12.6. The molecular weight excluding hydrogens is 588 g/mol. The Hall–Kier alpha value is -3.16. The van der Waals surface area contributed by atoms with E-state index in [0.29, 0.717) is 5.75 Å². The summed E-state index contributed by atoms with van der Waals surface area (Å²) in [5.74, 6) is -1.17. The molecule has 0 aliphatic carbocycles. The number of benzene rings is 1. The first-order valence-corrected chi connectivity index (χ1v) is 17.0. The molecule has 0 bridgehead atoms. The molecule has 0 aliphatic heterocycles. The van der Waals surface area contributed by atoms with Gasteiger partial charge in [0, 0.05) is 0 Å². The molecule has 41 heavy (non-hydrogen) atoms. The first kappa shape index (κ1) is 34.0. The molecule has 0 radical (unpaired) electrons. The van der Waals surface area contributed by atoms with Crippen LogP contribution in [-0.2, 0) is 25.5 Å². The maximum atomic E-state index is 12.9. The Morgan fingerprint density at radius 1 is 1.10 bits per heavy atom. The van der Waals surface area contributed by atoms with E-state index in [0.717, 1.165) is 24.0 Å². The number of thiazole rings is 1. The number of hydrogen-bond donors (Lipinski definition) is 3. The number of halogens is 1. The molecule has 3 N–H and O–H groups in total. The van der Waals surface area contributed by atoms with Gasteiger partial charge in [-0.3, -0.25) is 9.59 Å². The number of anilines is 1. The molecule has 1 heterocycles. The number of rotatable bonds is 10. The highest BCUT2D eigenvalue weighted by molar-refractivity contribution is 7.18. The highest BCUT2D eigenvalue weighted by Gasteiger charge is 2.39. The maximum Gasteiger partial charge on any atom is 0.407 e. The molecule has 0 fully saturated rings. The molecule has 2 rings (SSSR count). The van der Waals surface area contributed by atoms with Crippen LogP contribution in [0.15, 0.2) is 24.3 Å². The summed E-state index contributed by atoms with van der Waals surface area (Å²) < 4.78 is 16.2. The first-order chi connectivity index (χ1) is 18.8. The minimum Gasteiger partial charge on any atom is -0.543 e. The Morgan fingerprint density at radius 2 is 1.76 bits per heavy atom. The van der Waals surface area contributed by atoms with Gasteiger partial charge >= 0.3 is 12.1 Å². The Balaban J connectivity index is 2.05. The second-order valence-electron chi connectivity index (χ2n) is 11.8. The first-order valence-electron chi connectivity index (χ1n) is 12.9. The molecule has 3 amide bonds. The highest BCUT2D eigenvalue weighted by Crippen LogP contribution is 2.37. The molecule has 0 saturated heterocycles. The molecule has 0 saturated carbocycles. The zero-order chi connectivity index (χ0) is 31.2. The minimum absolute atomic E-state index is 0.0277. The van der Waals surface area contributed by atoms with Crippen LogP contribution < -0.4 is 20.4 Å². The van der Waals surface area contributed by atoms with Crippen LogP contribution in [0.1, 0.15) is 56.8 Å². The van der Waals surface area contributed by atoms with Gasteiger partial charge in [-0.15, -0.1) is 0 Å². The van der Waals surface area contributed by atoms with Crippen molar-refractivity contribution in [3.8, 4) is 5.75 Å². The van der Waals surface area contributed by atoms with E-state index in [1.807, 2.05) is 24.3 Å². The lowest BCUT2D eigenvalue weighted by atomic mass is 10.1. The second-order valence-corrected chi connectivity index (χ2v) is 17.9. The largest absolute Gasteiger partial charge is 0.543 e. The third-order valence-electron chi connectivity index (χ3n) is 6.12. The van der Waals surface area contributed by atoms with Gasteiger partial charge < -0.3 is 29.9 Å². The van der Waals surface area contributed by atoms with Crippen molar-refractivity contribution in [2.75, 3.05) is 19.0 Å². The number of methoxy groups -OCH3 is 1. The molecule has 1 aromatic carbocycles. The van der Waals surface area contributed by atoms with Gasteiger partial charge in [0.25, 0.3) is 5.91 Å². The minimum atomic E-state index is -2.04. The summed E-state index contributed by atoms with van der Waals surface area (Å²) in [5.41, 5.74) is 0.00425. The Kier molecular flexibility index (Phi) is 11.3. The van der Waals surface area contributed by atoms with Crippen LogP contribution in [0.3, 0.4) is 0 Å². The average Bonchev–Trinajstić information content (AvgIpc) is 3.18. The van der Waals surface area contributed by atoms with Gasteiger partial charge in [-0.2, -0.15) is 0 Å². The smallest absolute Gasteiger partial charge is 0.407 e. The van der Waals surface area contributed by atoms with Crippen molar-refractivity contribution in [1.29, 1.82) is 0 Å². The van der Waals surface area contributed by atoms with Gasteiger partial charge in [-0.25, -0.2) is 14.6 Å². The van der Waals surface area contributed by atoms with E-state index < -0.39 is 37.9 Å². The number of aromatic nitrogens is 1. The number of ether oxygens (including phenoxy) is 2. The quantitative estimate of drug-likeness (QED) is 0.242. The predicted molar refractivity (Wildman–Crippen MR) is 161 cm³/mol. The van der Waals surface area contributed by atoms with Crippen LogP contribution in [-0.4, -0.2) is 62.5 Å². The zero-order valence-electron chi connectivity index (χ0n) is 24.9. The third kappa shape index (κ3) is 10.6. The number of nitrogens with one attached hydrogen (secondary N) is 3. The second kappa shape index (κ2) is 13.7. The van der Waals surface area contributed by atoms with Crippen molar-refractivity contribution in [2.24, 2.45) is 0 Å². The monoisotopic (exact) mass is 626 g/mol. The average molecular weight is 627 g/mol. The molecule has 14 heteroatoms.